The molecule has 0 aliphatic carbocycles. The van der Waals surface area contributed by atoms with Crippen LogP contribution in [-0.2, 0) is 14.3 Å². The Hall–Kier alpha value is -2.88. The molecule has 1 N–H and O–H groups in total. The average molecular weight is 309 g/mol. The minimum absolute atomic E-state index is 0.315. The fourth-order valence-electron chi connectivity index (χ4n) is 1.95. The maximum Gasteiger partial charge on any atom is 0.331 e. The van der Waals surface area contributed by atoms with E-state index in [1.165, 1.54) is 6.08 Å². The van der Waals surface area contributed by atoms with Crippen LogP contribution < -0.4 is 5.32 Å². The maximum atomic E-state index is 11.7. The molecule has 0 saturated carbocycles. The Balaban J connectivity index is 1.81. The van der Waals surface area contributed by atoms with Crippen molar-refractivity contribution in [3.63, 3.8) is 0 Å². The van der Waals surface area contributed by atoms with E-state index in [4.69, 9.17) is 4.74 Å². The first-order valence-corrected chi connectivity index (χ1v) is 7.31. The van der Waals surface area contributed by atoms with Gasteiger partial charge >= 0.3 is 5.97 Å². The molecule has 0 aliphatic heterocycles. The highest BCUT2D eigenvalue weighted by atomic mass is 16.5. The normalized spacial score (nSPS) is 10.5. The largest absolute Gasteiger partial charge is 0.452 e. The van der Waals surface area contributed by atoms with Crippen molar-refractivity contribution >= 4 is 23.6 Å². The van der Waals surface area contributed by atoms with E-state index in [1.807, 2.05) is 50.2 Å². The third-order valence-electron chi connectivity index (χ3n) is 3.27. The maximum absolute atomic E-state index is 11.7. The number of carbonyl (C=O) groups is 2. The number of carbonyl (C=O) groups excluding carboxylic acids is 2. The minimum Gasteiger partial charge on any atom is -0.452 e. The smallest absolute Gasteiger partial charge is 0.331 e. The van der Waals surface area contributed by atoms with E-state index in [0.717, 1.165) is 16.7 Å². The van der Waals surface area contributed by atoms with Gasteiger partial charge in [-0.25, -0.2) is 4.79 Å². The number of aryl methyl sites for hydroxylation is 2. The number of hydrogen-bond acceptors (Lipinski definition) is 3. The molecule has 118 valence electrons. The van der Waals surface area contributed by atoms with Crippen LogP contribution in [0.1, 0.15) is 16.7 Å². The molecular weight excluding hydrogens is 290 g/mol. The number of esters is 1. The Morgan fingerprint density at radius 3 is 2.43 bits per heavy atom. The van der Waals surface area contributed by atoms with Gasteiger partial charge < -0.3 is 10.1 Å². The van der Waals surface area contributed by atoms with Gasteiger partial charge in [0.25, 0.3) is 5.91 Å². The van der Waals surface area contributed by atoms with Gasteiger partial charge in [-0.05, 0) is 43.2 Å². The highest BCUT2D eigenvalue weighted by Crippen LogP contribution is 2.09. The SMILES string of the molecule is Cc1ccc(NC(=O)COC(=O)/C=C/c2ccccc2C)cc1. The molecule has 2 rings (SSSR count). The first-order valence-electron chi connectivity index (χ1n) is 7.31. The summed E-state index contributed by atoms with van der Waals surface area (Å²) in [6.45, 7) is 3.61. The molecule has 0 atom stereocenters. The van der Waals surface area contributed by atoms with Crippen LogP contribution in [0.25, 0.3) is 6.08 Å². The molecule has 1 amide bonds. The van der Waals surface area contributed by atoms with E-state index in [2.05, 4.69) is 5.32 Å². The van der Waals surface area contributed by atoms with E-state index in [0.29, 0.717) is 5.69 Å². The quantitative estimate of drug-likeness (QED) is 0.679. The Kier molecular flexibility index (Phi) is 5.69. The molecule has 0 radical (unpaired) electrons. The lowest BCUT2D eigenvalue weighted by molar-refractivity contribution is -0.142. The first-order chi connectivity index (χ1) is 11.0. The van der Waals surface area contributed by atoms with Gasteiger partial charge in [-0.2, -0.15) is 0 Å². The standard InChI is InChI=1S/C19H19NO3/c1-14-7-10-17(11-8-14)20-18(21)13-23-19(22)12-9-16-6-4-3-5-15(16)2/h3-12H,13H2,1-2H3,(H,20,21)/b12-9+. The summed E-state index contributed by atoms with van der Waals surface area (Å²) in [5.74, 6) is -0.918. The van der Waals surface area contributed by atoms with Crippen molar-refractivity contribution in [2.75, 3.05) is 11.9 Å². The predicted octanol–water partition coefficient (Wildman–Crippen LogP) is 3.50. The lowest BCUT2D eigenvalue weighted by atomic mass is 10.1. The van der Waals surface area contributed by atoms with Gasteiger partial charge in [-0.15, -0.1) is 0 Å². The molecule has 0 unspecified atom stereocenters. The van der Waals surface area contributed by atoms with E-state index >= 15 is 0 Å². The third kappa shape index (κ3) is 5.43. The third-order valence-corrected chi connectivity index (χ3v) is 3.27. The molecule has 0 spiro atoms. The van der Waals surface area contributed by atoms with Gasteiger partial charge in [0.05, 0.1) is 0 Å². The molecule has 2 aromatic carbocycles. The van der Waals surface area contributed by atoms with Crippen LogP contribution in [0.3, 0.4) is 0 Å². The Bertz CT molecular complexity index is 718. The van der Waals surface area contributed by atoms with E-state index in [-0.39, 0.29) is 12.5 Å². The first kappa shape index (κ1) is 16.5. The lowest BCUT2D eigenvalue weighted by Crippen LogP contribution is -2.20. The van der Waals surface area contributed by atoms with Crippen LogP contribution in [0, 0.1) is 13.8 Å². The summed E-state index contributed by atoms with van der Waals surface area (Å²) >= 11 is 0. The van der Waals surface area contributed by atoms with E-state index < -0.39 is 5.97 Å². The summed E-state index contributed by atoms with van der Waals surface area (Å²) in [5, 5.41) is 2.67. The summed E-state index contributed by atoms with van der Waals surface area (Å²) in [5.41, 5.74) is 3.78. The number of benzene rings is 2. The molecule has 4 nitrogen and oxygen atoms in total. The molecule has 23 heavy (non-hydrogen) atoms. The molecule has 0 aliphatic rings. The van der Waals surface area contributed by atoms with E-state index in [1.54, 1.807) is 18.2 Å². The monoisotopic (exact) mass is 309 g/mol. The molecule has 0 bridgehead atoms. The van der Waals surface area contributed by atoms with Crippen LogP contribution in [0.4, 0.5) is 5.69 Å². The van der Waals surface area contributed by atoms with Crippen molar-refractivity contribution in [2.24, 2.45) is 0 Å². The second-order valence-corrected chi connectivity index (χ2v) is 5.21. The summed E-state index contributed by atoms with van der Waals surface area (Å²) in [4.78, 5) is 23.4. The van der Waals surface area contributed by atoms with E-state index in [9.17, 15) is 9.59 Å². The molecule has 4 heteroatoms. The van der Waals surface area contributed by atoms with Crippen LogP contribution >= 0.6 is 0 Å². The molecule has 2 aromatic rings. The van der Waals surface area contributed by atoms with Crippen molar-refractivity contribution < 1.29 is 14.3 Å². The topological polar surface area (TPSA) is 55.4 Å². The number of rotatable bonds is 5. The summed E-state index contributed by atoms with van der Waals surface area (Å²) in [6.07, 6.45) is 3.00. The number of anilines is 1. The summed E-state index contributed by atoms with van der Waals surface area (Å²) < 4.78 is 4.92. The molecule has 0 heterocycles. The van der Waals surface area contributed by atoms with Gasteiger partial charge in [-0.1, -0.05) is 42.0 Å². The van der Waals surface area contributed by atoms with Gasteiger partial charge in [-0.3, -0.25) is 4.79 Å². The van der Waals surface area contributed by atoms with Gasteiger partial charge in [0, 0.05) is 11.8 Å². The van der Waals surface area contributed by atoms with Gasteiger partial charge in [0.15, 0.2) is 6.61 Å². The minimum atomic E-state index is -0.549. The molecule has 0 fully saturated rings. The van der Waals surface area contributed by atoms with Crippen LogP contribution in [0.2, 0.25) is 0 Å². The zero-order valence-corrected chi connectivity index (χ0v) is 13.2. The second-order valence-electron chi connectivity index (χ2n) is 5.21. The second kappa shape index (κ2) is 7.94. The molecule has 0 saturated heterocycles. The number of nitrogens with one attached hydrogen (secondary N) is 1. The Morgan fingerprint density at radius 2 is 1.74 bits per heavy atom. The van der Waals surface area contributed by atoms with Crippen LogP contribution in [-0.4, -0.2) is 18.5 Å². The fraction of sp³-hybridized carbons (Fsp3) is 0.158. The summed E-state index contributed by atoms with van der Waals surface area (Å²) in [7, 11) is 0. The average Bonchev–Trinajstić information content (AvgIpc) is 2.54. The van der Waals surface area contributed by atoms with Crippen molar-refractivity contribution in [3.05, 3.63) is 71.3 Å². The van der Waals surface area contributed by atoms with Crippen molar-refractivity contribution in [3.8, 4) is 0 Å². The van der Waals surface area contributed by atoms with Gasteiger partial charge in [0.1, 0.15) is 0 Å². The number of hydrogen-bond donors (Lipinski definition) is 1. The van der Waals surface area contributed by atoms with Crippen LogP contribution in [0.15, 0.2) is 54.6 Å². The molecule has 0 aromatic heterocycles. The Morgan fingerprint density at radius 1 is 1.04 bits per heavy atom. The van der Waals surface area contributed by atoms with Crippen LogP contribution in [0.5, 0.6) is 0 Å². The Labute approximate surface area is 135 Å². The highest BCUT2D eigenvalue weighted by Gasteiger charge is 2.05. The van der Waals surface area contributed by atoms with Gasteiger partial charge in [0.2, 0.25) is 0 Å². The fourth-order valence-corrected chi connectivity index (χ4v) is 1.95. The summed E-state index contributed by atoms with van der Waals surface area (Å²) in [6, 6.07) is 15.1. The lowest BCUT2D eigenvalue weighted by Gasteiger charge is -2.05. The van der Waals surface area contributed by atoms with Crippen molar-refractivity contribution in [1.82, 2.24) is 0 Å². The molecular formula is C19H19NO3. The highest BCUT2D eigenvalue weighted by molar-refractivity contribution is 5.94. The number of ether oxygens (including phenoxy) is 1. The zero-order chi connectivity index (χ0) is 16.7. The van der Waals surface area contributed by atoms with Crippen molar-refractivity contribution in [1.29, 1.82) is 0 Å². The predicted molar refractivity (Wildman–Crippen MR) is 91.0 cm³/mol. The zero-order valence-electron chi connectivity index (χ0n) is 13.2. The number of amides is 1. The van der Waals surface area contributed by atoms with Crippen molar-refractivity contribution in [2.45, 2.75) is 13.8 Å².